The van der Waals surface area contributed by atoms with Crippen LogP contribution in [0.15, 0.2) is 6.07 Å². The first-order valence-electron chi connectivity index (χ1n) is 4.09. The fraction of sp³-hybridized carbons (Fsp3) is 0.286. The molecule has 1 heterocycles. The Morgan fingerprint density at radius 1 is 1.26 bits per heavy atom. The Morgan fingerprint density at radius 3 is 2.16 bits per heavy atom. The van der Waals surface area contributed by atoms with Gasteiger partial charge in [-0.15, -0.1) is 13.2 Å². The summed E-state index contributed by atoms with van der Waals surface area (Å²) in [5.74, 6) is -1.42. The summed E-state index contributed by atoms with van der Waals surface area (Å²) in [4.78, 5) is 12.1. The second kappa shape index (κ2) is 4.97. The molecule has 0 aromatic carbocycles. The van der Waals surface area contributed by atoms with Crippen LogP contribution in [0.1, 0.15) is 5.56 Å². The lowest BCUT2D eigenvalue weighted by Gasteiger charge is -2.12. The van der Waals surface area contributed by atoms with Gasteiger partial charge < -0.3 is 4.74 Å². The molecular formula is C7HF6IN2O3. The van der Waals surface area contributed by atoms with E-state index in [9.17, 15) is 36.5 Å². The summed E-state index contributed by atoms with van der Waals surface area (Å²) < 4.78 is 75.6. The smallest absolute Gasteiger partial charge is 0.388 e. The molecule has 12 heteroatoms. The number of hydrogen-bond acceptors (Lipinski definition) is 4. The number of aromatic nitrogens is 1. The van der Waals surface area contributed by atoms with E-state index in [0.29, 0.717) is 0 Å². The molecule has 106 valence electrons. The van der Waals surface area contributed by atoms with Gasteiger partial charge in [-0.25, -0.2) is 0 Å². The minimum absolute atomic E-state index is 0.173. The average molecular weight is 402 g/mol. The topological polar surface area (TPSA) is 65.3 Å². The quantitative estimate of drug-likeness (QED) is 0.250. The van der Waals surface area contributed by atoms with Crippen molar-refractivity contribution in [1.29, 1.82) is 0 Å². The molecule has 0 bridgehead atoms. The summed E-state index contributed by atoms with van der Waals surface area (Å²) in [7, 11) is 0. The number of hydrogen-bond donors (Lipinski definition) is 0. The summed E-state index contributed by atoms with van der Waals surface area (Å²) in [6.07, 6.45) is -10.5. The number of nitrogens with zero attached hydrogens (tertiary/aromatic N) is 2. The zero-order chi connectivity index (χ0) is 15.0. The normalized spacial score (nSPS) is 12.4. The van der Waals surface area contributed by atoms with Crippen LogP contribution in [0.3, 0.4) is 0 Å². The predicted octanol–water partition coefficient (Wildman–Crippen LogP) is 3.51. The van der Waals surface area contributed by atoms with Crippen LogP contribution in [0.2, 0.25) is 0 Å². The van der Waals surface area contributed by atoms with Crippen molar-refractivity contribution in [2.75, 3.05) is 0 Å². The predicted molar refractivity (Wildman–Crippen MR) is 55.3 cm³/mol. The van der Waals surface area contributed by atoms with Gasteiger partial charge in [-0.3, -0.25) is 10.1 Å². The van der Waals surface area contributed by atoms with Gasteiger partial charge >= 0.3 is 18.2 Å². The number of alkyl halides is 6. The van der Waals surface area contributed by atoms with Crippen LogP contribution in [-0.4, -0.2) is 16.3 Å². The fourth-order valence-electron chi connectivity index (χ4n) is 1.05. The molecule has 1 aromatic rings. The number of rotatable bonds is 2. The first kappa shape index (κ1) is 15.7. The maximum Gasteiger partial charge on any atom is 0.574 e. The molecule has 0 spiro atoms. The molecule has 1 aromatic heterocycles. The average Bonchev–Trinajstić information content (AvgIpc) is 2.11. The first-order chi connectivity index (χ1) is 8.42. The van der Waals surface area contributed by atoms with Gasteiger partial charge in [0.1, 0.15) is 5.56 Å². The van der Waals surface area contributed by atoms with Crippen LogP contribution >= 0.6 is 22.6 Å². The lowest BCUT2D eigenvalue weighted by Crippen LogP contribution is -2.20. The first-order valence-corrected chi connectivity index (χ1v) is 5.17. The minimum Gasteiger partial charge on any atom is -0.388 e. The highest BCUT2D eigenvalue weighted by Gasteiger charge is 2.42. The number of nitro groups is 1. The lowest BCUT2D eigenvalue weighted by atomic mass is 10.2. The molecule has 0 fully saturated rings. The van der Waals surface area contributed by atoms with Crippen molar-refractivity contribution in [3.63, 3.8) is 0 Å². The molecule has 0 aliphatic rings. The van der Waals surface area contributed by atoms with Gasteiger partial charge in [0.15, 0.2) is 3.70 Å². The standard InChI is InChI=1S/C7HF6IN2O3/c8-6(9,10)2-1-3(19-7(11,12)13)15-5(14)4(2)16(17)18/h1H. The van der Waals surface area contributed by atoms with E-state index in [1.54, 1.807) is 0 Å². The van der Waals surface area contributed by atoms with Crippen LogP contribution in [-0.2, 0) is 6.18 Å². The summed E-state index contributed by atoms with van der Waals surface area (Å²) >= 11 is 1.02. The molecule has 0 saturated heterocycles. The maximum atomic E-state index is 12.5. The monoisotopic (exact) mass is 402 g/mol. The SMILES string of the molecule is O=[N+]([O-])c1c(C(F)(F)F)cc(OC(F)(F)F)nc1I. The molecule has 19 heavy (non-hydrogen) atoms. The van der Waals surface area contributed by atoms with E-state index in [1.807, 2.05) is 0 Å². The molecule has 0 aliphatic heterocycles. The van der Waals surface area contributed by atoms with Gasteiger partial charge in [-0.2, -0.15) is 18.2 Å². The van der Waals surface area contributed by atoms with Gasteiger partial charge in [0.05, 0.1) is 4.92 Å². The Kier molecular flexibility index (Phi) is 4.11. The molecular weight excluding hydrogens is 401 g/mol. The maximum absolute atomic E-state index is 12.5. The largest absolute Gasteiger partial charge is 0.574 e. The molecule has 0 amide bonds. The summed E-state index contributed by atoms with van der Waals surface area (Å²) in [5.41, 5.74) is -3.29. The summed E-state index contributed by atoms with van der Waals surface area (Å²) in [5, 5.41) is 10.5. The van der Waals surface area contributed by atoms with E-state index in [1.165, 1.54) is 0 Å². The van der Waals surface area contributed by atoms with Gasteiger partial charge in [-0.05, 0) is 22.6 Å². The Balaban J connectivity index is 3.44. The Morgan fingerprint density at radius 2 is 1.79 bits per heavy atom. The van der Waals surface area contributed by atoms with E-state index in [-0.39, 0.29) is 6.07 Å². The second-order valence-electron chi connectivity index (χ2n) is 2.95. The number of halogens is 7. The zero-order valence-electron chi connectivity index (χ0n) is 8.34. The van der Waals surface area contributed by atoms with Gasteiger partial charge in [0, 0.05) is 6.07 Å². The van der Waals surface area contributed by atoms with Crippen LogP contribution in [0.25, 0.3) is 0 Å². The van der Waals surface area contributed by atoms with Crippen LogP contribution in [0.4, 0.5) is 32.0 Å². The van der Waals surface area contributed by atoms with Crippen LogP contribution in [0, 0.1) is 13.8 Å². The highest BCUT2D eigenvalue weighted by atomic mass is 127. The third-order valence-electron chi connectivity index (χ3n) is 1.63. The van der Waals surface area contributed by atoms with Crippen molar-refractivity contribution in [2.45, 2.75) is 12.5 Å². The van der Waals surface area contributed by atoms with Crippen LogP contribution in [0.5, 0.6) is 5.88 Å². The third kappa shape index (κ3) is 4.07. The number of ether oxygens (including phenoxy) is 1. The molecule has 1 rings (SSSR count). The number of pyridine rings is 1. The zero-order valence-corrected chi connectivity index (χ0v) is 10.5. The molecule has 0 radical (unpaired) electrons. The minimum atomic E-state index is -5.25. The van der Waals surface area contributed by atoms with E-state index < -0.39 is 38.3 Å². The van der Waals surface area contributed by atoms with Gasteiger partial charge in [0.2, 0.25) is 5.88 Å². The molecule has 0 atom stereocenters. The Bertz CT molecular complexity index is 515. The van der Waals surface area contributed by atoms with Crippen molar-refractivity contribution in [3.8, 4) is 5.88 Å². The fourth-order valence-corrected chi connectivity index (χ4v) is 1.77. The molecule has 0 aliphatic carbocycles. The van der Waals surface area contributed by atoms with Crippen molar-refractivity contribution >= 4 is 28.3 Å². The van der Waals surface area contributed by atoms with E-state index in [0.717, 1.165) is 22.6 Å². The summed E-state index contributed by atoms with van der Waals surface area (Å²) in [6, 6.07) is -0.173. The molecule has 0 unspecified atom stereocenters. The molecule has 0 N–H and O–H groups in total. The highest BCUT2D eigenvalue weighted by Crippen LogP contribution is 2.40. The van der Waals surface area contributed by atoms with E-state index >= 15 is 0 Å². The summed E-state index contributed by atoms with van der Waals surface area (Å²) in [6.45, 7) is 0. The molecule has 5 nitrogen and oxygen atoms in total. The highest BCUT2D eigenvalue weighted by molar-refractivity contribution is 14.1. The second-order valence-corrected chi connectivity index (χ2v) is 3.97. The van der Waals surface area contributed by atoms with Crippen molar-refractivity contribution < 1.29 is 36.0 Å². The van der Waals surface area contributed by atoms with Gasteiger partial charge in [-0.1, -0.05) is 0 Å². The Labute approximate surface area is 113 Å². The van der Waals surface area contributed by atoms with E-state index in [2.05, 4.69) is 9.72 Å². The van der Waals surface area contributed by atoms with Crippen molar-refractivity contribution in [3.05, 3.63) is 25.4 Å². The third-order valence-corrected chi connectivity index (χ3v) is 2.39. The Hall–Kier alpha value is -1.34. The van der Waals surface area contributed by atoms with E-state index in [4.69, 9.17) is 0 Å². The lowest BCUT2D eigenvalue weighted by molar-refractivity contribution is -0.389. The van der Waals surface area contributed by atoms with Crippen molar-refractivity contribution in [1.82, 2.24) is 4.98 Å². The van der Waals surface area contributed by atoms with Gasteiger partial charge in [0.25, 0.3) is 0 Å². The van der Waals surface area contributed by atoms with Crippen molar-refractivity contribution in [2.24, 2.45) is 0 Å². The van der Waals surface area contributed by atoms with Crippen LogP contribution < -0.4 is 4.74 Å². The molecule has 0 saturated carbocycles.